The standard InChI is InChI=1S/C15H21NO/c1-10(2)12-4-6-13(7-5-12)15(17)14-9-16-8-11(14)3/h4-7,10-11,14,16H,8-9H2,1-3H3. The third-order valence-electron chi connectivity index (χ3n) is 3.72. The predicted molar refractivity (Wildman–Crippen MR) is 70.4 cm³/mol. The van der Waals surface area contributed by atoms with Gasteiger partial charge < -0.3 is 5.32 Å². The fraction of sp³-hybridized carbons (Fsp3) is 0.533. The van der Waals surface area contributed by atoms with Crippen LogP contribution in [0.4, 0.5) is 0 Å². The summed E-state index contributed by atoms with van der Waals surface area (Å²) in [6.45, 7) is 8.26. The first-order valence-electron chi connectivity index (χ1n) is 6.44. The largest absolute Gasteiger partial charge is 0.316 e. The van der Waals surface area contributed by atoms with E-state index < -0.39 is 0 Å². The van der Waals surface area contributed by atoms with Crippen LogP contribution in [0.1, 0.15) is 42.6 Å². The van der Waals surface area contributed by atoms with Gasteiger partial charge in [0.2, 0.25) is 0 Å². The number of ketones is 1. The van der Waals surface area contributed by atoms with Gasteiger partial charge >= 0.3 is 0 Å². The Morgan fingerprint density at radius 2 is 1.88 bits per heavy atom. The Balaban J connectivity index is 2.14. The minimum Gasteiger partial charge on any atom is -0.316 e. The maximum Gasteiger partial charge on any atom is 0.167 e. The molecule has 1 aliphatic rings. The maximum absolute atomic E-state index is 12.3. The molecular formula is C15H21NO. The first kappa shape index (κ1) is 12.3. The molecule has 2 unspecified atom stereocenters. The lowest BCUT2D eigenvalue weighted by molar-refractivity contribution is 0.0907. The normalized spacial score (nSPS) is 24.2. The van der Waals surface area contributed by atoms with Crippen LogP contribution in [-0.4, -0.2) is 18.9 Å². The van der Waals surface area contributed by atoms with E-state index in [-0.39, 0.29) is 11.7 Å². The van der Waals surface area contributed by atoms with Gasteiger partial charge in [0.25, 0.3) is 0 Å². The quantitative estimate of drug-likeness (QED) is 0.810. The summed E-state index contributed by atoms with van der Waals surface area (Å²) in [7, 11) is 0. The van der Waals surface area contributed by atoms with Crippen molar-refractivity contribution in [3.63, 3.8) is 0 Å². The topological polar surface area (TPSA) is 29.1 Å². The van der Waals surface area contributed by atoms with Gasteiger partial charge in [0.1, 0.15) is 0 Å². The SMILES string of the molecule is CC(C)c1ccc(C(=O)C2CNCC2C)cc1. The van der Waals surface area contributed by atoms with E-state index in [4.69, 9.17) is 0 Å². The number of nitrogens with one attached hydrogen (secondary N) is 1. The second-order valence-corrected chi connectivity index (χ2v) is 5.38. The number of hydrogen-bond acceptors (Lipinski definition) is 2. The van der Waals surface area contributed by atoms with Gasteiger partial charge in [-0.1, -0.05) is 45.0 Å². The molecule has 2 atom stereocenters. The van der Waals surface area contributed by atoms with Gasteiger partial charge in [0.05, 0.1) is 0 Å². The van der Waals surface area contributed by atoms with Gasteiger partial charge in [-0.25, -0.2) is 0 Å². The van der Waals surface area contributed by atoms with Gasteiger partial charge in [0.15, 0.2) is 5.78 Å². The van der Waals surface area contributed by atoms with Crippen molar-refractivity contribution < 1.29 is 4.79 Å². The smallest absolute Gasteiger partial charge is 0.167 e. The zero-order valence-electron chi connectivity index (χ0n) is 10.9. The Bertz CT molecular complexity index is 394. The summed E-state index contributed by atoms with van der Waals surface area (Å²) in [5.41, 5.74) is 2.15. The molecule has 0 amide bonds. The molecule has 0 spiro atoms. The van der Waals surface area contributed by atoms with Crippen LogP contribution >= 0.6 is 0 Å². The summed E-state index contributed by atoms with van der Waals surface area (Å²) in [6.07, 6.45) is 0. The molecule has 0 saturated carbocycles. The zero-order chi connectivity index (χ0) is 12.4. The third-order valence-corrected chi connectivity index (χ3v) is 3.72. The number of carbonyl (C=O) groups excluding carboxylic acids is 1. The van der Waals surface area contributed by atoms with Crippen molar-refractivity contribution in [2.45, 2.75) is 26.7 Å². The van der Waals surface area contributed by atoms with E-state index >= 15 is 0 Å². The highest BCUT2D eigenvalue weighted by Crippen LogP contribution is 2.22. The molecule has 0 aliphatic carbocycles. The molecule has 0 bridgehead atoms. The minimum atomic E-state index is 0.153. The lowest BCUT2D eigenvalue weighted by Crippen LogP contribution is -2.21. The van der Waals surface area contributed by atoms with Crippen LogP contribution in [0.3, 0.4) is 0 Å². The summed E-state index contributed by atoms with van der Waals surface area (Å²) in [6, 6.07) is 8.10. The highest BCUT2D eigenvalue weighted by molar-refractivity contribution is 5.98. The molecule has 1 heterocycles. The van der Waals surface area contributed by atoms with Gasteiger partial charge in [-0.2, -0.15) is 0 Å². The van der Waals surface area contributed by atoms with Crippen molar-refractivity contribution in [1.29, 1.82) is 0 Å². The fourth-order valence-electron chi connectivity index (χ4n) is 2.41. The molecule has 1 aromatic carbocycles. The summed E-state index contributed by atoms with van der Waals surface area (Å²) in [4.78, 5) is 12.3. The molecule has 1 saturated heterocycles. The van der Waals surface area contributed by atoms with Crippen molar-refractivity contribution in [1.82, 2.24) is 5.32 Å². The molecule has 0 radical (unpaired) electrons. The fourth-order valence-corrected chi connectivity index (χ4v) is 2.41. The summed E-state index contributed by atoms with van der Waals surface area (Å²) in [5, 5.41) is 3.28. The third kappa shape index (κ3) is 2.58. The molecule has 1 N–H and O–H groups in total. The van der Waals surface area contributed by atoms with Gasteiger partial charge in [-0.05, 0) is 23.9 Å². The first-order chi connectivity index (χ1) is 8.09. The van der Waals surface area contributed by atoms with Crippen LogP contribution in [0.5, 0.6) is 0 Å². The van der Waals surface area contributed by atoms with Crippen LogP contribution in [-0.2, 0) is 0 Å². The van der Waals surface area contributed by atoms with Gasteiger partial charge in [0, 0.05) is 18.0 Å². The summed E-state index contributed by atoms with van der Waals surface area (Å²) in [5.74, 6) is 1.41. The Hall–Kier alpha value is -1.15. The van der Waals surface area contributed by atoms with Crippen molar-refractivity contribution in [2.24, 2.45) is 11.8 Å². The van der Waals surface area contributed by atoms with E-state index in [0.717, 1.165) is 18.7 Å². The summed E-state index contributed by atoms with van der Waals surface area (Å²) < 4.78 is 0. The van der Waals surface area contributed by atoms with Crippen LogP contribution in [0, 0.1) is 11.8 Å². The van der Waals surface area contributed by atoms with Crippen LogP contribution < -0.4 is 5.32 Å². The van der Waals surface area contributed by atoms with E-state index in [0.29, 0.717) is 11.8 Å². The van der Waals surface area contributed by atoms with Crippen LogP contribution in [0.25, 0.3) is 0 Å². The Morgan fingerprint density at radius 1 is 1.24 bits per heavy atom. The molecule has 1 aromatic rings. The number of carbonyl (C=O) groups is 1. The maximum atomic E-state index is 12.3. The van der Waals surface area contributed by atoms with Crippen molar-refractivity contribution in [3.8, 4) is 0 Å². The second-order valence-electron chi connectivity index (χ2n) is 5.38. The van der Waals surface area contributed by atoms with Crippen molar-refractivity contribution >= 4 is 5.78 Å². The van der Waals surface area contributed by atoms with Crippen molar-refractivity contribution in [2.75, 3.05) is 13.1 Å². The average Bonchev–Trinajstić information content (AvgIpc) is 2.74. The first-order valence-corrected chi connectivity index (χ1v) is 6.44. The average molecular weight is 231 g/mol. The highest BCUT2D eigenvalue weighted by Gasteiger charge is 2.29. The van der Waals surface area contributed by atoms with Gasteiger partial charge in [-0.3, -0.25) is 4.79 Å². The molecule has 2 nitrogen and oxygen atoms in total. The Labute approximate surface area is 103 Å². The number of hydrogen-bond donors (Lipinski definition) is 1. The molecule has 17 heavy (non-hydrogen) atoms. The summed E-state index contributed by atoms with van der Waals surface area (Å²) >= 11 is 0. The van der Waals surface area contributed by atoms with E-state index in [2.05, 4.69) is 38.2 Å². The van der Waals surface area contributed by atoms with E-state index in [9.17, 15) is 4.79 Å². The number of benzene rings is 1. The lowest BCUT2D eigenvalue weighted by atomic mass is 9.89. The monoisotopic (exact) mass is 231 g/mol. The second kappa shape index (κ2) is 5.01. The van der Waals surface area contributed by atoms with Gasteiger partial charge in [-0.15, -0.1) is 0 Å². The van der Waals surface area contributed by atoms with Crippen LogP contribution in [0.2, 0.25) is 0 Å². The Morgan fingerprint density at radius 3 is 2.35 bits per heavy atom. The van der Waals surface area contributed by atoms with E-state index in [1.54, 1.807) is 0 Å². The van der Waals surface area contributed by atoms with Crippen LogP contribution in [0.15, 0.2) is 24.3 Å². The molecule has 1 fully saturated rings. The number of Topliss-reactive ketones (excluding diaryl/α,β-unsaturated/α-hetero) is 1. The van der Waals surface area contributed by atoms with Crippen molar-refractivity contribution in [3.05, 3.63) is 35.4 Å². The van der Waals surface area contributed by atoms with E-state index in [1.165, 1.54) is 5.56 Å². The molecule has 0 aromatic heterocycles. The lowest BCUT2D eigenvalue weighted by Gasteiger charge is -2.13. The highest BCUT2D eigenvalue weighted by atomic mass is 16.1. The number of rotatable bonds is 3. The molecule has 2 rings (SSSR count). The minimum absolute atomic E-state index is 0.153. The molecule has 2 heteroatoms. The molecule has 92 valence electrons. The zero-order valence-corrected chi connectivity index (χ0v) is 10.9. The Kier molecular flexibility index (Phi) is 3.63. The molecule has 1 aliphatic heterocycles. The predicted octanol–water partition coefficient (Wildman–Crippen LogP) is 2.85. The molecular weight excluding hydrogens is 210 g/mol. The van der Waals surface area contributed by atoms with E-state index in [1.807, 2.05) is 12.1 Å².